The number of ether oxygens (including phenoxy) is 1. The van der Waals surface area contributed by atoms with Crippen molar-refractivity contribution in [2.75, 3.05) is 7.11 Å². The number of methoxy groups -OCH3 is 1. The summed E-state index contributed by atoms with van der Waals surface area (Å²) in [6.07, 6.45) is -2.66. The molecule has 106 valence electrons. The highest BCUT2D eigenvalue weighted by atomic mass is 35.5. The molecule has 0 amide bonds. The molecule has 20 heavy (non-hydrogen) atoms. The highest BCUT2D eigenvalue weighted by Crippen LogP contribution is 2.41. The van der Waals surface area contributed by atoms with E-state index < -0.39 is 6.43 Å². The molecule has 1 nitrogen and oxygen atoms in total. The Morgan fingerprint density at radius 1 is 0.950 bits per heavy atom. The summed E-state index contributed by atoms with van der Waals surface area (Å²) in [6, 6.07) is 7.46. The lowest BCUT2D eigenvalue weighted by Crippen LogP contribution is -1.93. The minimum absolute atomic E-state index is 0.141. The van der Waals surface area contributed by atoms with Crippen LogP contribution >= 0.6 is 34.8 Å². The fourth-order valence-electron chi connectivity index (χ4n) is 1.83. The van der Waals surface area contributed by atoms with E-state index in [0.29, 0.717) is 16.9 Å². The molecule has 0 atom stereocenters. The summed E-state index contributed by atoms with van der Waals surface area (Å²) >= 11 is 17.9. The van der Waals surface area contributed by atoms with Gasteiger partial charge < -0.3 is 4.74 Å². The van der Waals surface area contributed by atoms with Crippen molar-refractivity contribution < 1.29 is 13.5 Å². The van der Waals surface area contributed by atoms with E-state index in [1.165, 1.54) is 25.3 Å². The first-order valence-corrected chi connectivity index (χ1v) is 6.69. The second-order valence-electron chi connectivity index (χ2n) is 3.98. The third kappa shape index (κ3) is 2.85. The largest absolute Gasteiger partial charge is 0.497 e. The third-order valence-electron chi connectivity index (χ3n) is 2.82. The summed E-state index contributed by atoms with van der Waals surface area (Å²) in [4.78, 5) is 0. The van der Waals surface area contributed by atoms with E-state index in [4.69, 9.17) is 39.5 Å². The SMILES string of the molecule is COc1ccc(-c2ccc(Cl)c(Cl)c2Cl)c(C(F)F)c1. The number of alkyl halides is 2. The monoisotopic (exact) mass is 336 g/mol. The molecule has 0 spiro atoms. The van der Waals surface area contributed by atoms with Crippen LogP contribution in [0.3, 0.4) is 0 Å². The van der Waals surface area contributed by atoms with Crippen LogP contribution in [0.15, 0.2) is 30.3 Å². The number of halogens is 5. The number of rotatable bonds is 3. The molecule has 0 fully saturated rings. The normalized spacial score (nSPS) is 10.9. The van der Waals surface area contributed by atoms with Gasteiger partial charge in [-0.3, -0.25) is 0 Å². The van der Waals surface area contributed by atoms with Crippen LogP contribution in [-0.2, 0) is 0 Å². The minimum atomic E-state index is -2.66. The van der Waals surface area contributed by atoms with Gasteiger partial charge in [0.2, 0.25) is 0 Å². The van der Waals surface area contributed by atoms with Crippen molar-refractivity contribution in [3.05, 3.63) is 51.0 Å². The quantitative estimate of drug-likeness (QED) is 0.601. The van der Waals surface area contributed by atoms with Crippen LogP contribution in [0.4, 0.5) is 8.78 Å². The second kappa shape index (κ2) is 6.17. The fourth-order valence-corrected chi connectivity index (χ4v) is 2.46. The molecule has 0 aromatic heterocycles. The Balaban J connectivity index is 2.66. The highest BCUT2D eigenvalue weighted by molar-refractivity contribution is 6.49. The van der Waals surface area contributed by atoms with Gasteiger partial charge in [-0.1, -0.05) is 46.9 Å². The molecule has 2 rings (SSSR count). The standard InChI is InChI=1S/C14H9Cl3F2O/c1-20-7-2-3-8(10(6-7)14(18)19)9-4-5-11(15)13(17)12(9)16/h2-6,14H,1H3. The van der Waals surface area contributed by atoms with Gasteiger partial charge in [0.05, 0.1) is 22.2 Å². The van der Waals surface area contributed by atoms with E-state index in [-0.39, 0.29) is 20.6 Å². The summed E-state index contributed by atoms with van der Waals surface area (Å²) in [6.45, 7) is 0. The molecule has 0 heterocycles. The first-order valence-electron chi connectivity index (χ1n) is 5.55. The van der Waals surface area contributed by atoms with Crippen molar-refractivity contribution in [3.8, 4) is 16.9 Å². The molecule has 0 unspecified atom stereocenters. The Kier molecular flexibility index (Phi) is 4.74. The summed E-state index contributed by atoms with van der Waals surface area (Å²) in [5, 5.41) is 0.556. The maximum Gasteiger partial charge on any atom is 0.264 e. The van der Waals surface area contributed by atoms with Crippen molar-refractivity contribution in [2.45, 2.75) is 6.43 Å². The van der Waals surface area contributed by atoms with Crippen LogP contribution in [0.5, 0.6) is 5.75 Å². The van der Waals surface area contributed by atoms with E-state index in [0.717, 1.165) is 0 Å². The van der Waals surface area contributed by atoms with E-state index in [1.54, 1.807) is 12.1 Å². The van der Waals surface area contributed by atoms with Crippen LogP contribution < -0.4 is 4.74 Å². The maximum atomic E-state index is 13.2. The molecule has 0 saturated heterocycles. The molecular weight excluding hydrogens is 329 g/mol. The predicted octanol–water partition coefficient (Wildman–Crippen LogP) is 6.26. The summed E-state index contributed by atoms with van der Waals surface area (Å²) in [7, 11) is 1.41. The van der Waals surface area contributed by atoms with Gasteiger partial charge in [0.1, 0.15) is 5.75 Å². The smallest absolute Gasteiger partial charge is 0.264 e. The molecule has 2 aromatic carbocycles. The van der Waals surface area contributed by atoms with Gasteiger partial charge >= 0.3 is 0 Å². The molecule has 6 heteroatoms. The van der Waals surface area contributed by atoms with Crippen LogP contribution in [0.25, 0.3) is 11.1 Å². The molecular formula is C14H9Cl3F2O. The molecule has 0 bridgehead atoms. The first-order chi connectivity index (χ1) is 9.45. The van der Waals surface area contributed by atoms with Crippen LogP contribution in [0, 0.1) is 0 Å². The van der Waals surface area contributed by atoms with Crippen molar-refractivity contribution in [3.63, 3.8) is 0 Å². The summed E-state index contributed by atoms with van der Waals surface area (Å²) in [5.41, 5.74) is 0.521. The first kappa shape index (κ1) is 15.4. The van der Waals surface area contributed by atoms with Crippen molar-refractivity contribution in [2.24, 2.45) is 0 Å². The Hall–Kier alpha value is -1.03. The van der Waals surface area contributed by atoms with E-state index in [2.05, 4.69) is 0 Å². The Morgan fingerprint density at radius 3 is 2.20 bits per heavy atom. The summed E-state index contributed by atoms with van der Waals surface area (Å²) < 4.78 is 31.3. The summed E-state index contributed by atoms with van der Waals surface area (Å²) in [5.74, 6) is 0.347. The predicted molar refractivity (Wildman–Crippen MR) is 78.4 cm³/mol. The van der Waals surface area contributed by atoms with Gasteiger partial charge in [0.15, 0.2) is 0 Å². The third-order valence-corrected chi connectivity index (χ3v) is 4.11. The van der Waals surface area contributed by atoms with Crippen LogP contribution in [-0.4, -0.2) is 7.11 Å². The lowest BCUT2D eigenvalue weighted by Gasteiger charge is -2.13. The van der Waals surface area contributed by atoms with Gasteiger partial charge in [-0.15, -0.1) is 0 Å². The lowest BCUT2D eigenvalue weighted by molar-refractivity contribution is 0.151. The minimum Gasteiger partial charge on any atom is -0.497 e. The molecule has 0 aliphatic rings. The average Bonchev–Trinajstić information content (AvgIpc) is 2.44. The molecule has 0 aliphatic carbocycles. The number of hydrogen-bond acceptors (Lipinski definition) is 1. The van der Waals surface area contributed by atoms with Gasteiger partial charge in [-0.05, 0) is 23.8 Å². The van der Waals surface area contributed by atoms with E-state index in [1.807, 2.05) is 0 Å². The topological polar surface area (TPSA) is 9.23 Å². The highest BCUT2D eigenvalue weighted by Gasteiger charge is 2.19. The lowest BCUT2D eigenvalue weighted by atomic mass is 9.99. The molecule has 2 aromatic rings. The Bertz CT molecular complexity index is 645. The molecule has 0 aliphatic heterocycles. The zero-order valence-electron chi connectivity index (χ0n) is 10.3. The van der Waals surface area contributed by atoms with Crippen LogP contribution in [0.1, 0.15) is 12.0 Å². The van der Waals surface area contributed by atoms with Crippen molar-refractivity contribution in [1.29, 1.82) is 0 Å². The fraction of sp³-hybridized carbons (Fsp3) is 0.143. The zero-order valence-corrected chi connectivity index (χ0v) is 12.5. The maximum absolute atomic E-state index is 13.2. The zero-order chi connectivity index (χ0) is 14.9. The molecule has 0 N–H and O–H groups in total. The number of hydrogen-bond donors (Lipinski definition) is 0. The van der Waals surface area contributed by atoms with E-state index in [9.17, 15) is 8.78 Å². The van der Waals surface area contributed by atoms with Gasteiger partial charge in [-0.2, -0.15) is 0 Å². The Morgan fingerprint density at radius 2 is 1.60 bits per heavy atom. The van der Waals surface area contributed by atoms with Gasteiger partial charge in [-0.25, -0.2) is 8.78 Å². The van der Waals surface area contributed by atoms with Crippen molar-refractivity contribution >= 4 is 34.8 Å². The van der Waals surface area contributed by atoms with Gasteiger partial charge in [0, 0.05) is 11.1 Å². The Labute approximate surface area is 130 Å². The second-order valence-corrected chi connectivity index (χ2v) is 5.14. The molecule has 0 radical (unpaired) electrons. The van der Waals surface area contributed by atoms with Crippen molar-refractivity contribution in [1.82, 2.24) is 0 Å². The van der Waals surface area contributed by atoms with Crippen LogP contribution in [0.2, 0.25) is 15.1 Å². The average molecular weight is 338 g/mol. The number of benzene rings is 2. The molecule has 0 saturated carbocycles. The van der Waals surface area contributed by atoms with E-state index >= 15 is 0 Å². The van der Waals surface area contributed by atoms with Gasteiger partial charge in [0.25, 0.3) is 6.43 Å².